The standard InChI is InChI=1S/C28H29NO3/c1-31-26-16-14-24(27(19-26)32-2)20-29-25(18-22-11-7-4-8-12-22)15-13-23(28(29)30)17-21-9-5-3-6-10-21/h3-16,19,23,25H,17-18,20H2,1-2H3/t23-,25+/m0/s1. The molecule has 1 amide bonds. The zero-order valence-corrected chi connectivity index (χ0v) is 18.6. The van der Waals surface area contributed by atoms with Gasteiger partial charge in [-0.2, -0.15) is 0 Å². The molecule has 0 bridgehead atoms. The van der Waals surface area contributed by atoms with Crippen LogP contribution >= 0.6 is 0 Å². The summed E-state index contributed by atoms with van der Waals surface area (Å²) >= 11 is 0. The minimum atomic E-state index is -0.173. The van der Waals surface area contributed by atoms with Crippen LogP contribution in [-0.4, -0.2) is 31.1 Å². The number of benzene rings is 3. The van der Waals surface area contributed by atoms with Gasteiger partial charge in [-0.05, 0) is 36.1 Å². The molecule has 0 aromatic heterocycles. The first-order valence-corrected chi connectivity index (χ1v) is 11.0. The first-order chi connectivity index (χ1) is 15.7. The molecule has 0 fully saturated rings. The van der Waals surface area contributed by atoms with E-state index in [9.17, 15) is 4.79 Å². The van der Waals surface area contributed by atoms with Gasteiger partial charge < -0.3 is 14.4 Å². The molecule has 0 aliphatic carbocycles. The predicted molar refractivity (Wildman–Crippen MR) is 127 cm³/mol. The maximum absolute atomic E-state index is 13.7. The van der Waals surface area contributed by atoms with E-state index in [4.69, 9.17) is 9.47 Å². The van der Waals surface area contributed by atoms with Gasteiger partial charge >= 0.3 is 0 Å². The van der Waals surface area contributed by atoms with Crippen LogP contribution in [0.25, 0.3) is 0 Å². The summed E-state index contributed by atoms with van der Waals surface area (Å²) < 4.78 is 10.9. The third-order valence-electron chi connectivity index (χ3n) is 5.99. The lowest BCUT2D eigenvalue weighted by atomic mass is 9.90. The number of amides is 1. The lowest BCUT2D eigenvalue weighted by Crippen LogP contribution is -2.46. The molecule has 0 N–H and O–H groups in total. The minimum absolute atomic E-state index is 0.0104. The number of nitrogens with zero attached hydrogens (tertiary/aromatic N) is 1. The van der Waals surface area contributed by atoms with Gasteiger partial charge in [0.25, 0.3) is 0 Å². The van der Waals surface area contributed by atoms with Gasteiger partial charge in [0.2, 0.25) is 5.91 Å². The highest BCUT2D eigenvalue weighted by molar-refractivity contribution is 5.83. The van der Waals surface area contributed by atoms with Crippen LogP contribution in [0.3, 0.4) is 0 Å². The Bertz CT molecular complexity index is 1060. The Morgan fingerprint density at radius 3 is 2.06 bits per heavy atom. The maximum Gasteiger partial charge on any atom is 0.230 e. The molecule has 0 unspecified atom stereocenters. The topological polar surface area (TPSA) is 38.8 Å². The van der Waals surface area contributed by atoms with Crippen LogP contribution in [0.5, 0.6) is 11.5 Å². The third kappa shape index (κ3) is 5.02. The molecule has 0 radical (unpaired) electrons. The van der Waals surface area contributed by atoms with E-state index in [2.05, 4.69) is 36.4 Å². The van der Waals surface area contributed by atoms with E-state index in [0.29, 0.717) is 13.0 Å². The average Bonchev–Trinajstić information content (AvgIpc) is 2.84. The molecule has 3 aromatic rings. The Morgan fingerprint density at radius 1 is 0.781 bits per heavy atom. The molecule has 3 aromatic carbocycles. The molecular formula is C28H29NO3. The summed E-state index contributed by atoms with van der Waals surface area (Å²) in [6.45, 7) is 0.485. The second kappa shape index (κ2) is 10.2. The van der Waals surface area contributed by atoms with Crippen molar-refractivity contribution in [1.82, 2.24) is 4.90 Å². The summed E-state index contributed by atoms with van der Waals surface area (Å²) in [5.74, 6) is 1.44. The smallest absolute Gasteiger partial charge is 0.230 e. The van der Waals surface area contributed by atoms with Crippen LogP contribution in [0.15, 0.2) is 91.0 Å². The first kappa shape index (κ1) is 21.7. The molecule has 32 heavy (non-hydrogen) atoms. The first-order valence-electron chi connectivity index (χ1n) is 11.0. The van der Waals surface area contributed by atoms with E-state index < -0.39 is 0 Å². The van der Waals surface area contributed by atoms with Crippen LogP contribution in [-0.2, 0) is 24.2 Å². The van der Waals surface area contributed by atoms with Crippen molar-refractivity contribution >= 4 is 5.91 Å². The largest absolute Gasteiger partial charge is 0.497 e. The van der Waals surface area contributed by atoms with Crippen molar-refractivity contribution in [2.45, 2.75) is 25.4 Å². The van der Waals surface area contributed by atoms with E-state index in [1.165, 1.54) is 11.1 Å². The number of methoxy groups -OCH3 is 2. The Labute approximate surface area is 190 Å². The summed E-state index contributed by atoms with van der Waals surface area (Å²) in [7, 11) is 3.29. The minimum Gasteiger partial charge on any atom is -0.497 e. The lowest BCUT2D eigenvalue weighted by Gasteiger charge is -2.36. The number of hydrogen-bond acceptors (Lipinski definition) is 3. The van der Waals surface area contributed by atoms with Gasteiger partial charge in [0.1, 0.15) is 11.5 Å². The van der Waals surface area contributed by atoms with Gasteiger partial charge in [0.15, 0.2) is 0 Å². The van der Waals surface area contributed by atoms with Crippen LogP contribution in [0.2, 0.25) is 0 Å². The molecule has 1 aliphatic heterocycles. The number of ether oxygens (including phenoxy) is 2. The lowest BCUT2D eigenvalue weighted by molar-refractivity contribution is -0.137. The van der Waals surface area contributed by atoms with Crippen LogP contribution < -0.4 is 9.47 Å². The van der Waals surface area contributed by atoms with E-state index >= 15 is 0 Å². The molecule has 0 saturated carbocycles. The highest BCUT2D eigenvalue weighted by Gasteiger charge is 2.32. The molecule has 4 heteroatoms. The number of carbonyl (C=O) groups excluding carboxylic acids is 1. The molecule has 1 aliphatic rings. The van der Waals surface area contributed by atoms with E-state index in [1.807, 2.05) is 59.5 Å². The quantitative estimate of drug-likeness (QED) is 0.471. The third-order valence-corrected chi connectivity index (χ3v) is 5.99. The van der Waals surface area contributed by atoms with E-state index in [1.54, 1.807) is 14.2 Å². The monoisotopic (exact) mass is 427 g/mol. The molecule has 4 rings (SSSR count). The molecule has 2 atom stereocenters. The van der Waals surface area contributed by atoms with Crippen molar-refractivity contribution in [3.8, 4) is 11.5 Å². The number of hydrogen-bond donors (Lipinski definition) is 0. The summed E-state index contributed by atoms with van der Waals surface area (Å²) in [6.07, 6.45) is 5.76. The maximum atomic E-state index is 13.7. The van der Waals surface area contributed by atoms with Crippen LogP contribution in [0.4, 0.5) is 0 Å². The zero-order valence-electron chi connectivity index (χ0n) is 18.6. The van der Waals surface area contributed by atoms with Crippen molar-refractivity contribution in [2.75, 3.05) is 14.2 Å². The van der Waals surface area contributed by atoms with Crippen molar-refractivity contribution in [1.29, 1.82) is 0 Å². The Morgan fingerprint density at radius 2 is 1.44 bits per heavy atom. The van der Waals surface area contributed by atoms with Crippen molar-refractivity contribution in [3.05, 3.63) is 108 Å². The highest BCUT2D eigenvalue weighted by atomic mass is 16.5. The van der Waals surface area contributed by atoms with Crippen LogP contribution in [0.1, 0.15) is 16.7 Å². The van der Waals surface area contributed by atoms with E-state index in [0.717, 1.165) is 23.5 Å². The Hall–Kier alpha value is -3.53. The predicted octanol–water partition coefficient (Wildman–Crippen LogP) is 5.07. The summed E-state index contributed by atoms with van der Waals surface area (Å²) in [4.78, 5) is 15.7. The highest BCUT2D eigenvalue weighted by Crippen LogP contribution is 2.30. The summed E-state index contributed by atoms with van der Waals surface area (Å²) in [5, 5.41) is 0. The van der Waals surface area contributed by atoms with Crippen molar-refractivity contribution in [2.24, 2.45) is 5.92 Å². The SMILES string of the molecule is COc1ccc(CN2C(=O)[C@H](Cc3ccccc3)C=C[C@@H]2Cc2ccccc2)c(OC)c1. The number of rotatable bonds is 8. The van der Waals surface area contributed by atoms with E-state index in [-0.39, 0.29) is 17.9 Å². The Balaban J connectivity index is 1.62. The summed E-state index contributed by atoms with van der Waals surface area (Å²) in [5.41, 5.74) is 3.34. The van der Waals surface area contributed by atoms with Gasteiger partial charge in [-0.1, -0.05) is 72.8 Å². The van der Waals surface area contributed by atoms with Gasteiger partial charge in [-0.25, -0.2) is 0 Å². The van der Waals surface area contributed by atoms with Gasteiger partial charge in [-0.15, -0.1) is 0 Å². The summed E-state index contributed by atoms with van der Waals surface area (Å²) in [6, 6.07) is 26.3. The van der Waals surface area contributed by atoms with Gasteiger partial charge in [-0.3, -0.25) is 4.79 Å². The van der Waals surface area contributed by atoms with Gasteiger partial charge in [0.05, 0.1) is 26.2 Å². The molecule has 4 nitrogen and oxygen atoms in total. The second-order valence-corrected chi connectivity index (χ2v) is 8.08. The molecule has 0 spiro atoms. The van der Waals surface area contributed by atoms with Crippen molar-refractivity contribution < 1.29 is 14.3 Å². The molecule has 164 valence electrons. The van der Waals surface area contributed by atoms with Crippen molar-refractivity contribution in [3.63, 3.8) is 0 Å². The average molecular weight is 428 g/mol. The normalized spacial score (nSPS) is 17.9. The fourth-order valence-corrected chi connectivity index (χ4v) is 4.24. The Kier molecular flexibility index (Phi) is 6.90. The number of carbonyl (C=O) groups is 1. The zero-order chi connectivity index (χ0) is 22.3. The fraction of sp³-hybridized carbons (Fsp3) is 0.250. The molecule has 1 heterocycles. The van der Waals surface area contributed by atoms with Gasteiger partial charge in [0, 0.05) is 18.2 Å². The van der Waals surface area contributed by atoms with Crippen LogP contribution in [0, 0.1) is 5.92 Å². The second-order valence-electron chi connectivity index (χ2n) is 8.08. The fourth-order valence-electron chi connectivity index (χ4n) is 4.24. The molecular weight excluding hydrogens is 398 g/mol. The molecule has 0 saturated heterocycles.